The van der Waals surface area contributed by atoms with Crippen molar-refractivity contribution in [3.8, 4) is 0 Å². The van der Waals surface area contributed by atoms with Crippen molar-refractivity contribution in [2.45, 2.75) is 57.4 Å². The molecule has 3 fully saturated rings. The SMILES string of the molecule is Nc1ccnc(C(=O)N2CCC[C@@]3(CCC(=O)N(C4CCCC4)C3)C2)c1. The summed E-state index contributed by atoms with van der Waals surface area (Å²) in [5.74, 6) is 0.268. The summed E-state index contributed by atoms with van der Waals surface area (Å²) >= 11 is 0. The molecule has 140 valence electrons. The van der Waals surface area contributed by atoms with E-state index >= 15 is 0 Å². The Morgan fingerprint density at radius 3 is 2.77 bits per heavy atom. The van der Waals surface area contributed by atoms with Gasteiger partial charge < -0.3 is 15.5 Å². The average Bonchev–Trinajstić information content (AvgIpc) is 3.18. The monoisotopic (exact) mass is 356 g/mol. The maximum atomic E-state index is 12.9. The molecule has 0 unspecified atom stereocenters. The van der Waals surface area contributed by atoms with Crippen LogP contribution in [0, 0.1) is 5.41 Å². The molecule has 2 amide bonds. The lowest BCUT2D eigenvalue weighted by Crippen LogP contribution is -2.57. The number of aromatic nitrogens is 1. The van der Waals surface area contributed by atoms with Crippen molar-refractivity contribution in [3.63, 3.8) is 0 Å². The van der Waals surface area contributed by atoms with Gasteiger partial charge in [0.1, 0.15) is 5.69 Å². The van der Waals surface area contributed by atoms with Crippen LogP contribution in [0.25, 0.3) is 0 Å². The van der Waals surface area contributed by atoms with Crippen LogP contribution >= 0.6 is 0 Å². The van der Waals surface area contributed by atoms with E-state index in [1.807, 2.05) is 4.90 Å². The molecule has 1 aromatic heterocycles. The Balaban J connectivity index is 1.50. The molecule has 0 bridgehead atoms. The predicted molar refractivity (Wildman–Crippen MR) is 99.4 cm³/mol. The fourth-order valence-electron chi connectivity index (χ4n) is 5.03. The van der Waals surface area contributed by atoms with E-state index < -0.39 is 0 Å². The number of nitrogens with two attached hydrogens (primary N) is 1. The van der Waals surface area contributed by atoms with E-state index in [-0.39, 0.29) is 11.3 Å². The maximum Gasteiger partial charge on any atom is 0.272 e. The van der Waals surface area contributed by atoms with E-state index in [1.165, 1.54) is 12.8 Å². The molecule has 6 nitrogen and oxygen atoms in total. The molecule has 1 aliphatic carbocycles. The summed E-state index contributed by atoms with van der Waals surface area (Å²) < 4.78 is 0. The minimum atomic E-state index is -0.0410. The summed E-state index contributed by atoms with van der Waals surface area (Å²) in [7, 11) is 0. The second-order valence-corrected chi connectivity index (χ2v) is 8.26. The Morgan fingerprint density at radius 2 is 2.00 bits per heavy atom. The normalized spacial score (nSPS) is 27.3. The van der Waals surface area contributed by atoms with Crippen LogP contribution in [-0.2, 0) is 4.79 Å². The number of hydrogen-bond acceptors (Lipinski definition) is 4. The third-order valence-electron chi connectivity index (χ3n) is 6.41. The number of amides is 2. The van der Waals surface area contributed by atoms with Gasteiger partial charge in [-0.1, -0.05) is 12.8 Å². The lowest BCUT2D eigenvalue weighted by atomic mass is 9.73. The standard InChI is InChI=1S/C20H28N4O2/c21-15-7-10-22-17(12-15)19(26)23-11-3-8-20(13-23)9-6-18(25)24(14-20)16-4-1-2-5-16/h7,10,12,16H,1-6,8-9,11,13-14H2,(H2,21,22)/t20-/m1/s1. The molecule has 1 spiro atoms. The highest BCUT2D eigenvalue weighted by Crippen LogP contribution is 2.41. The minimum absolute atomic E-state index is 0.0410. The Bertz CT molecular complexity index is 701. The first-order valence-electron chi connectivity index (χ1n) is 9.87. The van der Waals surface area contributed by atoms with E-state index in [1.54, 1.807) is 18.3 Å². The predicted octanol–water partition coefficient (Wildman–Crippen LogP) is 2.45. The summed E-state index contributed by atoms with van der Waals surface area (Å²) in [6.45, 7) is 2.29. The number of piperidine rings is 2. The van der Waals surface area contributed by atoms with Crippen molar-refractivity contribution < 1.29 is 9.59 Å². The second-order valence-electron chi connectivity index (χ2n) is 8.26. The molecule has 0 aromatic carbocycles. The largest absolute Gasteiger partial charge is 0.399 e. The molecular weight excluding hydrogens is 328 g/mol. The number of anilines is 1. The molecule has 3 aliphatic rings. The fraction of sp³-hybridized carbons (Fsp3) is 0.650. The summed E-state index contributed by atoms with van der Waals surface area (Å²) in [5, 5.41) is 0. The van der Waals surface area contributed by atoms with Gasteiger partial charge in [0.25, 0.3) is 5.91 Å². The van der Waals surface area contributed by atoms with Gasteiger partial charge in [0.15, 0.2) is 0 Å². The van der Waals surface area contributed by atoms with Crippen LogP contribution in [-0.4, -0.2) is 52.3 Å². The van der Waals surface area contributed by atoms with Crippen LogP contribution in [0.15, 0.2) is 18.3 Å². The first kappa shape index (κ1) is 17.3. The number of rotatable bonds is 2. The highest BCUT2D eigenvalue weighted by Gasteiger charge is 2.44. The highest BCUT2D eigenvalue weighted by atomic mass is 16.2. The first-order chi connectivity index (χ1) is 12.6. The average molecular weight is 356 g/mol. The molecule has 2 saturated heterocycles. The zero-order valence-electron chi connectivity index (χ0n) is 15.3. The van der Waals surface area contributed by atoms with Crippen molar-refractivity contribution in [1.82, 2.24) is 14.8 Å². The molecule has 3 heterocycles. The van der Waals surface area contributed by atoms with Gasteiger partial charge >= 0.3 is 0 Å². The lowest BCUT2D eigenvalue weighted by molar-refractivity contribution is -0.142. The third-order valence-corrected chi connectivity index (χ3v) is 6.41. The van der Waals surface area contributed by atoms with Gasteiger partial charge in [-0.3, -0.25) is 14.6 Å². The second kappa shape index (κ2) is 6.89. The van der Waals surface area contributed by atoms with Gasteiger partial charge in [0.2, 0.25) is 5.91 Å². The van der Waals surface area contributed by atoms with Gasteiger partial charge in [-0.05, 0) is 44.2 Å². The van der Waals surface area contributed by atoms with Gasteiger partial charge in [-0.25, -0.2) is 0 Å². The minimum Gasteiger partial charge on any atom is -0.399 e. The van der Waals surface area contributed by atoms with Crippen molar-refractivity contribution in [1.29, 1.82) is 0 Å². The summed E-state index contributed by atoms with van der Waals surface area (Å²) in [5.41, 5.74) is 6.84. The smallest absolute Gasteiger partial charge is 0.272 e. The van der Waals surface area contributed by atoms with E-state index in [0.29, 0.717) is 29.8 Å². The Hall–Kier alpha value is -2.11. The van der Waals surface area contributed by atoms with E-state index in [9.17, 15) is 9.59 Å². The Labute approximate surface area is 154 Å². The zero-order valence-corrected chi connectivity index (χ0v) is 15.3. The van der Waals surface area contributed by atoms with Crippen molar-refractivity contribution in [3.05, 3.63) is 24.0 Å². The molecule has 1 atom stereocenters. The van der Waals surface area contributed by atoms with Gasteiger partial charge in [-0.15, -0.1) is 0 Å². The molecule has 2 N–H and O–H groups in total. The van der Waals surface area contributed by atoms with Gasteiger partial charge in [-0.2, -0.15) is 0 Å². The molecule has 4 rings (SSSR count). The number of pyridine rings is 1. The summed E-state index contributed by atoms with van der Waals surface area (Å²) in [6.07, 6.45) is 9.91. The topological polar surface area (TPSA) is 79.5 Å². The van der Waals surface area contributed by atoms with Crippen LogP contribution in [0.4, 0.5) is 5.69 Å². The van der Waals surface area contributed by atoms with Crippen LogP contribution in [0.2, 0.25) is 0 Å². The summed E-state index contributed by atoms with van der Waals surface area (Å²) in [6, 6.07) is 3.76. The van der Waals surface area contributed by atoms with Crippen LogP contribution in [0.1, 0.15) is 61.9 Å². The highest BCUT2D eigenvalue weighted by molar-refractivity contribution is 5.93. The third kappa shape index (κ3) is 3.29. The van der Waals surface area contributed by atoms with E-state index in [0.717, 1.165) is 51.7 Å². The summed E-state index contributed by atoms with van der Waals surface area (Å²) in [4.78, 5) is 33.7. The van der Waals surface area contributed by atoms with E-state index in [2.05, 4.69) is 9.88 Å². The number of nitrogen functional groups attached to an aromatic ring is 1. The van der Waals surface area contributed by atoms with Crippen LogP contribution < -0.4 is 5.73 Å². The quantitative estimate of drug-likeness (QED) is 0.883. The van der Waals surface area contributed by atoms with E-state index in [4.69, 9.17) is 5.73 Å². The number of hydrogen-bond donors (Lipinski definition) is 1. The van der Waals surface area contributed by atoms with Gasteiger partial charge in [0.05, 0.1) is 0 Å². The van der Waals surface area contributed by atoms with Gasteiger partial charge in [0, 0.05) is 49.4 Å². The number of carbonyl (C=O) groups is 2. The zero-order chi connectivity index (χ0) is 18.1. The molecular formula is C20H28N4O2. The number of likely N-dealkylation sites (tertiary alicyclic amines) is 2. The Morgan fingerprint density at radius 1 is 1.19 bits per heavy atom. The van der Waals surface area contributed by atoms with Crippen molar-refractivity contribution in [2.24, 2.45) is 5.41 Å². The molecule has 6 heteroatoms. The molecule has 1 saturated carbocycles. The molecule has 1 aromatic rings. The number of carbonyl (C=O) groups excluding carboxylic acids is 2. The Kier molecular flexibility index (Phi) is 4.59. The van der Waals surface area contributed by atoms with Crippen molar-refractivity contribution in [2.75, 3.05) is 25.4 Å². The fourth-order valence-corrected chi connectivity index (χ4v) is 5.03. The van der Waals surface area contributed by atoms with Crippen molar-refractivity contribution >= 4 is 17.5 Å². The maximum absolute atomic E-state index is 12.9. The number of nitrogens with zero attached hydrogens (tertiary/aromatic N) is 3. The molecule has 0 radical (unpaired) electrons. The molecule has 2 aliphatic heterocycles. The molecule has 26 heavy (non-hydrogen) atoms. The lowest BCUT2D eigenvalue weighted by Gasteiger charge is -2.49. The first-order valence-corrected chi connectivity index (χ1v) is 9.87. The van der Waals surface area contributed by atoms with Crippen LogP contribution in [0.3, 0.4) is 0 Å². The van der Waals surface area contributed by atoms with Crippen LogP contribution in [0.5, 0.6) is 0 Å².